The molecule has 0 saturated carbocycles. The lowest BCUT2D eigenvalue weighted by Gasteiger charge is -2.30. The first-order valence-corrected chi connectivity index (χ1v) is 12.6. The van der Waals surface area contributed by atoms with Gasteiger partial charge >= 0.3 is 5.97 Å². The molecule has 0 saturated heterocycles. The van der Waals surface area contributed by atoms with Crippen LogP contribution in [0.4, 0.5) is 0 Å². The lowest BCUT2D eigenvalue weighted by atomic mass is 9.98. The van der Waals surface area contributed by atoms with Gasteiger partial charge in [0, 0.05) is 10.5 Å². The maximum absolute atomic E-state index is 12.7. The Labute approximate surface area is 202 Å². The molecule has 0 radical (unpaired) electrons. The second kappa shape index (κ2) is 11.1. The second-order valence-electron chi connectivity index (χ2n) is 9.42. The van der Waals surface area contributed by atoms with Gasteiger partial charge < -0.3 is 9.47 Å². The predicted molar refractivity (Wildman–Crippen MR) is 137 cm³/mol. The number of aryl methyl sites for hydroxylation is 2. The van der Waals surface area contributed by atoms with Crippen molar-refractivity contribution in [2.75, 3.05) is 6.26 Å². The summed E-state index contributed by atoms with van der Waals surface area (Å²) in [6, 6.07) is 11.6. The molecular weight excluding hydrogens is 432 g/mol. The predicted octanol–water partition coefficient (Wildman–Crippen LogP) is 6.93. The minimum Gasteiger partial charge on any atom is -0.476 e. The third-order valence-electron chi connectivity index (χ3n) is 5.08. The SMILES string of the molecule is CCc1cc(C=CC(=O)c2ccc(SC)cc2)cc(CC)c1OC(C)(C)C(=O)OC(C)(C)C. The zero-order valence-electron chi connectivity index (χ0n) is 21.1. The Bertz CT molecular complexity index is 986. The Morgan fingerprint density at radius 1 is 0.939 bits per heavy atom. The summed E-state index contributed by atoms with van der Waals surface area (Å²) >= 11 is 1.65. The molecule has 0 bridgehead atoms. The molecule has 0 aliphatic carbocycles. The van der Waals surface area contributed by atoms with Gasteiger partial charge in [-0.3, -0.25) is 4.79 Å². The van der Waals surface area contributed by atoms with Crippen LogP contribution >= 0.6 is 11.8 Å². The molecule has 2 aromatic carbocycles. The molecule has 0 spiro atoms. The summed E-state index contributed by atoms with van der Waals surface area (Å²) in [5.41, 5.74) is 1.85. The van der Waals surface area contributed by atoms with Crippen LogP contribution in [0, 0.1) is 0 Å². The molecular formula is C28H36O4S. The van der Waals surface area contributed by atoms with Crippen LogP contribution in [-0.2, 0) is 22.4 Å². The van der Waals surface area contributed by atoms with Crippen LogP contribution in [-0.4, -0.2) is 29.2 Å². The van der Waals surface area contributed by atoms with E-state index in [9.17, 15) is 9.59 Å². The van der Waals surface area contributed by atoms with E-state index in [-0.39, 0.29) is 5.78 Å². The molecule has 0 aliphatic heterocycles. The van der Waals surface area contributed by atoms with Crippen LogP contribution < -0.4 is 4.74 Å². The van der Waals surface area contributed by atoms with Crippen LogP contribution in [0.3, 0.4) is 0 Å². The van der Waals surface area contributed by atoms with Crippen molar-refractivity contribution in [1.82, 2.24) is 0 Å². The third-order valence-corrected chi connectivity index (χ3v) is 5.82. The van der Waals surface area contributed by atoms with E-state index in [1.807, 2.05) is 83.3 Å². The average Bonchev–Trinajstić information content (AvgIpc) is 2.76. The van der Waals surface area contributed by atoms with Crippen LogP contribution in [0.1, 0.15) is 75.5 Å². The molecule has 0 atom stereocenters. The molecule has 0 aliphatic rings. The number of thioether (sulfide) groups is 1. The van der Waals surface area contributed by atoms with Gasteiger partial charge in [0.25, 0.3) is 0 Å². The largest absolute Gasteiger partial charge is 0.476 e. The van der Waals surface area contributed by atoms with Crippen LogP contribution in [0.2, 0.25) is 0 Å². The number of benzene rings is 2. The normalized spacial score (nSPS) is 12.1. The zero-order valence-corrected chi connectivity index (χ0v) is 21.9. The molecule has 0 unspecified atom stereocenters. The van der Waals surface area contributed by atoms with Crippen molar-refractivity contribution in [3.05, 3.63) is 64.7 Å². The Balaban J connectivity index is 2.31. The second-order valence-corrected chi connectivity index (χ2v) is 10.3. The Kier molecular flexibility index (Phi) is 8.96. The average molecular weight is 469 g/mol. The van der Waals surface area contributed by atoms with Crippen molar-refractivity contribution in [1.29, 1.82) is 0 Å². The van der Waals surface area contributed by atoms with Gasteiger partial charge in [0.2, 0.25) is 0 Å². The quantitative estimate of drug-likeness (QED) is 0.173. The number of esters is 1. The first-order valence-electron chi connectivity index (χ1n) is 11.3. The Morgan fingerprint density at radius 3 is 1.94 bits per heavy atom. The van der Waals surface area contributed by atoms with Crippen LogP contribution in [0.5, 0.6) is 5.75 Å². The number of rotatable bonds is 9. The fourth-order valence-electron chi connectivity index (χ4n) is 3.26. The summed E-state index contributed by atoms with van der Waals surface area (Å²) in [7, 11) is 0. The van der Waals surface area contributed by atoms with Gasteiger partial charge in [0.05, 0.1) is 0 Å². The molecule has 2 rings (SSSR count). The van der Waals surface area contributed by atoms with E-state index in [1.54, 1.807) is 31.7 Å². The number of hydrogen-bond donors (Lipinski definition) is 0. The molecule has 0 N–H and O–H groups in total. The summed E-state index contributed by atoms with van der Waals surface area (Å²) in [4.78, 5) is 26.4. The fraction of sp³-hybridized carbons (Fsp3) is 0.429. The molecule has 178 valence electrons. The number of carbonyl (C=O) groups excluding carboxylic acids is 2. The van der Waals surface area contributed by atoms with E-state index in [2.05, 4.69) is 0 Å². The van der Waals surface area contributed by atoms with Crippen molar-refractivity contribution < 1.29 is 19.1 Å². The molecule has 0 fully saturated rings. The van der Waals surface area contributed by atoms with Gasteiger partial charge in [-0.15, -0.1) is 11.8 Å². The first kappa shape index (κ1) is 26.7. The van der Waals surface area contributed by atoms with Gasteiger partial charge in [-0.1, -0.05) is 19.9 Å². The van der Waals surface area contributed by atoms with Crippen LogP contribution in [0.15, 0.2) is 47.4 Å². The Morgan fingerprint density at radius 2 is 1.48 bits per heavy atom. The first-order chi connectivity index (χ1) is 15.4. The van der Waals surface area contributed by atoms with E-state index < -0.39 is 17.2 Å². The highest BCUT2D eigenvalue weighted by atomic mass is 32.2. The zero-order chi connectivity index (χ0) is 24.8. The molecule has 0 heterocycles. The van der Waals surface area contributed by atoms with Gasteiger partial charge in [-0.2, -0.15) is 0 Å². The fourth-order valence-corrected chi connectivity index (χ4v) is 3.66. The smallest absolute Gasteiger partial charge is 0.350 e. The van der Waals surface area contributed by atoms with E-state index in [0.29, 0.717) is 11.3 Å². The number of ketones is 1. The van der Waals surface area contributed by atoms with Gasteiger partial charge in [-0.25, -0.2) is 4.79 Å². The van der Waals surface area contributed by atoms with E-state index in [4.69, 9.17) is 9.47 Å². The van der Waals surface area contributed by atoms with Crippen molar-refractivity contribution in [2.24, 2.45) is 0 Å². The highest BCUT2D eigenvalue weighted by Crippen LogP contribution is 2.32. The summed E-state index contributed by atoms with van der Waals surface area (Å²) in [6.45, 7) is 13.1. The van der Waals surface area contributed by atoms with Gasteiger partial charge in [-0.05, 0) is 113 Å². The van der Waals surface area contributed by atoms with Crippen molar-refractivity contribution in [2.45, 2.75) is 77.4 Å². The van der Waals surface area contributed by atoms with E-state index >= 15 is 0 Å². The lowest BCUT2D eigenvalue weighted by Crippen LogP contribution is -2.43. The van der Waals surface area contributed by atoms with Crippen LogP contribution in [0.25, 0.3) is 6.08 Å². The monoisotopic (exact) mass is 468 g/mol. The topological polar surface area (TPSA) is 52.6 Å². The van der Waals surface area contributed by atoms with Gasteiger partial charge in [0.1, 0.15) is 11.4 Å². The maximum Gasteiger partial charge on any atom is 0.350 e. The lowest BCUT2D eigenvalue weighted by molar-refractivity contribution is -0.171. The van der Waals surface area contributed by atoms with E-state index in [0.717, 1.165) is 34.4 Å². The Hall–Kier alpha value is -2.53. The summed E-state index contributed by atoms with van der Waals surface area (Å²) in [6.07, 6.45) is 6.92. The number of hydrogen-bond acceptors (Lipinski definition) is 5. The minimum absolute atomic E-state index is 0.0369. The van der Waals surface area contributed by atoms with Gasteiger partial charge in [0.15, 0.2) is 11.4 Å². The van der Waals surface area contributed by atoms with Crippen molar-refractivity contribution >= 4 is 29.6 Å². The number of carbonyl (C=O) groups is 2. The number of allylic oxidation sites excluding steroid dienone is 1. The maximum atomic E-state index is 12.7. The summed E-state index contributed by atoms with van der Waals surface area (Å²) < 4.78 is 11.8. The molecule has 2 aromatic rings. The number of ether oxygens (including phenoxy) is 2. The molecule has 0 amide bonds. The summed E-state index contributed by atoms with van der Waals surface area (Å²) in [5, 5.41) is 0. The van der Waals surface area contributed by atoms with Crippen molar-refractivity contribution in [3.8, 4) is 5.75 Å². The highest BCUT2D eigenvalue weighted by molar-refractivity contribution is 7.98. The molecule has 0 aromatic heterocycles. The highest BCUT2D eigenvalue weighted by Gasteiger charge is 2.35. The minimum atomic E-state index is -1.13. The van der Waals surface area contributed by atoms with E-state index in [1.165, 1.54) is 0 Å². The standard InChI is InChI=1S/C28H36O4S/c1-9-20-17-19(11-16-24(29)22-12-14-23(33-8)15-13-22)18-21(10-2)25(20)31-28(6,7)26(30)32-27(3,4)5/h11-18H,9-10H2,1-8H3. The summed E-state index contributed by atoms with van der Waals surface area (Å²) in [5.74, 6) is 0.276. The van der Waals surface area contributed by atoms with Crippen molar-refractivity contribution in [3.63, 3.8) is 0 Å². The third kappa shape index (κ3) is 7.50. The molecule has 4 nitrogen and oxygen atoms in total. The molecule has 33 heavy (non-hydrogen) atoms. The molecule has 5 heteroatoms.